The van der Waals surface area contributed by atoms with Gasteiger partial charge in [-0.25, -0.2) is 4.79 Å². The van der Waals surface area contributed by atoms with E-state index in [9.17, 15) is 40.2 Å². The zero-order chi connectivity index (χ0) is 29.5. The minimum absolute atomic E-state index is 0.0248. The first-order valence-electron chi connectivity index (χ1n) is 12.5. The third kappa shape index (κ3) is 7.71. The third-order valence-corrected chi connectivity index (χ3v) is 6.17. The van der Waals surface area contributed by atoms with Gasteiger partial charge in [-0.05, 0) is 59.7 Å². The van der Waals surface area contributed by atoms with Crippen molar-refractivity contribution in [3.63, 3.8) is 0 Å². The number of hydrogen-bond donors (Lipinski definition) is 6. The van der Waals surface area contributed by atoms with E-state index in [4.69, 9.17) is 14.2 Å². The van der Waals surface area contributed by atoms with Crippen molar-refractivity contribution in [1.29, 1.82) is 0 Å². The number of carbonyl (C=O) groups excluding carboxylic acids is 2. The highest BCUT2D eigenvalue weighted by Crippen LogP contribution is 2.26. The van der Waals surface area contributed by atoms with E-state index in [1.165, 1.54) is 54.6 Å². The van der Waals surface area contributed by atoms with E-state index in [2.05, 4.69) is 0 Å². The second-order valence-electron chi connectivity index (χ2n) is 9.16. The van der Waals surface area contributed by atoms with E-state index < -0.39 is 49.1 Å². The number of rotatable bonds is 9. The Balaban J connectivity index is 1.33. The minimum atomic E-state index is -1.64. The topological polar surface area (TPSA) is 183 Å². The van der Waals surface area contributed by atoms with Crippen LogP contribution in [0.2, 0.25) is 0 Å². The van der Waals surface area contributed by atoms with Crippen molar-refractivity contribution in [2.24, 2.45) is 0 Å². The SMILES string of the molecule is O=C(/C=C/c1ccc(O)cc1)OC[C@@H]1O[C@H](Oc2ccc(/C=C/C(=O)c3ccc(O)cc3O)cc2)[C@@H](O)[C@H](O)[C@H]1O. The molecule has 0 radical (unpaired) electrons. The summed E-state index contributed by atoms with van der Waals surface area (Å²) >= 11 is 0. The lowest BCUT2D eigenvalue weighted by atomic mass is 9.99. The Morgan fingerprint density at radius 1 is 0.756 bits per heavy atom. The van der Waals surface area contributed by atoms with Gasteiger partial charge in [0, 0.05) is 12.1 Å². The Hall–Kier alpha value is -4.68. The van der Waals surface area contributed by atoms with Crippen molar-refractivity contribution in [2.75, 3.05) is 6.61 Å². The molecule has 41 heavy (non-hydrogen) atoms. The molecule has 1 aliphatic rings. The summed E-state index contributed by atoms with van der Waals surface area (Å²) in [4.78, 5) is 24.4. The lowest BCUT2D eigenvalue weighted by Gasteiger charge is -2.39. The summed E-state index contributed by atoms with van der Waals surface area (Å²) in [7, 11) is 0. The summed E-state index contributed by atoms with van der Waals surface area (Å²) < 4.78 is 16.3. The number of phenols is 3. The molecular weight excluding hydrogens is 536 g/mol. The highest BCUT2D eigenvalue weighted by molar-refractivity contribution is 6.08. The van der Waals surface area contributed by atoms with E-state index in [1.54, 1.807) is 24.3 Å². The summed E-state index contributed by atoms with van der Waals surface area (Å²) in [6, 6.07) is 16.0. The van der Waals surface area contributed by atoms with Gasteiger partial charge in [-0.2, -0.15) is 0 Å². The normalized spacial score (nSPS) is 22.6. The molecule has 0 unspecified atom stereocenters. The molecule has 1 fully saturated rings. The maximum Gasteiger partial charge on any atom is 0.330 e. The second kappa shape index (κ2) is 13.1. The fourth-order valence-electron chi connectivity index (χ4n) is 3.90. The van der Waals surface area contributed by atoms with Crippen molar-refractivity contribution in [1.82, 2.24) is 0 Å². The number of aliphatic hydroxyl groups excluding tert-OH is 3. The molecule has 6 N–H and O–H groups in total. The highest BCUT2D eigenvalue weighted by Gasteiger charge is 2.45. The zero-order valence-corrected chi connectivity index (χ0v) is 21.5. The average molecular weight is 565 g/mol. The predicted octanol–water partition coefficient (Wildman–Crippen LogP) is 2.14. The molecule has 0 saturated carbocycles. The van der Waals surface area contributed by atoms with Crippen molar-refractivity contribution in [3.8, 4) is 23.0 Å². The maximum atomic E-state index is 12.3. The molecule has 0 spiro atoms. The third-order valence-electron chi connectivity index (χ3n) is 6.17. The first-order valence-corrected chi connectivity index (χ1v) is 12.5. The van der Waals surface area contributed by atoms with Gasteiger partial charge in [0.05, 0.1) is 5.56 Å². The van der Waals surface area contributed by atoms with Crippen LogP contribution in [0, 0.1) is 0 Å². The number of carbonyl (C=O) groups is 2. The van der Waals surface area contributed by atoms with E-state index in [0.717, 1.165) is 12.1 Å². The molecule has 11 nitrogen and oxygen atoms in total. The van der Waals surface area contributed by atoms with Gasteiger partial charge in [0.2, 0.25) is 6.29 Å². The highest BCUT2D eigenvalue weighted by atomic mass is 16.7. The first-order chi connectivity index (χ1) is 19.6. The number of esters is 1. The Bertz CT molecular complexity index is 1410. The summed E-state index contributed by atoms with van der Waals surface area (Å²) in [5.41, 5.74) is 1.27. The van der Waals surface area contributed by atoms with Crippen LogP contribution in [0.5, 0.6) is 23.0 Å². The van der Waals surface area contributed by atoms with Gasteiger partial charge in [0.1, 0.15) is 54.0 Å². The van der Waals surface area contributed by atoms with Crippen LogP contribution in [0.25, 0.3) is 12.2 Å². The fourth-order valence-corrected chi connectivity index (χ4v) is 3.90. The maximum absolute atomic E-state index is 12.3. The molecule has 3 aromatic carbocycles. The molecule has 3 aromatic rings. The summed E-state index contributed by atoms with van der Waals surface area (Å²) in [5, 5.41) is 59.5. The van der Waals surface area contributed by atoms with Gasteiger partial charge in [0.25, 0.3) is 0 Å². The van der Waals surface area contributed by atoms with Gasteiger partial charge < -0.3 is 44.8 Å². The van der Waals surface area contributed by atoms with Crippen LogP contribution in [-0.2, 0) is 14.3 Å². The Labute approximate surface area is 234 Å². The van der Waals surface area contributed by atoms with Crippen LogP contribution in [0.1, 0.15) is 21.5 Å². The standard InChI is InChI=1S/C30H28O11/c31-19-7-1-17(2-8-19)6-14-26(35)39-16-25-27(36)28(37)29(38)30(41-25)40-21-10-3-18(4-11-21)5-13-23(33)22-12-9-20(32)15-24(22)34/h1-15,25,27-32,34,36-38H,16H2/b13-5+,14-6+/t25-,27-,28+,29-,30-/m0/s1. The molecular formula is C30H28O11. The molecule has 0 amide bonds. The van der Waals surface area contributed by atoms with Crippen LogP contribution in [0.4, 0.5) is 0 Å². The van der Waals surface area contributed by atoms with Gasteiger partial charge in [-0.3, -0.25) is 4.79 Å². The van der Waals surface area contributed by atoms with Gasteiger partial charge in [-0.1, -0.05) is 30.3 Å². The van der Waals surface area contributed by atoms with Gasteiger partial charge in [0.15, 0.2) is 5.78 Å². The number of ketones is 1. The zero-order valence-electron chi connectivity index (χ0n) is 21.5. The van der Waals surface area contributed by atoms with Gasteiger partial charge >= 0.3 is 5.97 Å². The molecule has 5 atom stereocenters. The second-order valence-corrected chi connectivity index (χ2v) is 9.16. The molecule has 0 aliphatic carbocycles. The summed E-state index contributed by atoms with van der Waals surface area (Å²) in [5.74, 6) is -1.41. The molecule has 11 heteroatoms. The van der Waals surface area contributed by atoms with Crippen LogP contribution in [0.15, 0.2) is 78.9 Å². The van der Waals surface area contributed by atoms with Crippen LogP contribution < -0.4 is 4.74 Å². The number of aliphatic hydroxyl groups is 3. The van der Waals surface area contributed by atoms with Crippen molar-refractivity contribution >= 4 is 23.9 Å². The van der Waals surface area contributed by atoms with Crippen LogP contribution in [0.3, 0.4) is 0 Å². The molecule has 4 rings (SSSR count). The van der Waals surface area contributed by atoms with Crippen molar-refractivity contribution in [2.45, 2.75) is 30.7 Å². The number of phenolic OH excluding ortho intramolecular Hbond substituents is 3. The number of hydrogen-bond acceptors (Lipinski definition) is 11. The predicted molar refractivity (Wildman–Crippen MR) is 145 cm³/mol. The Morgan fingerprint density at radius 3 is 2.02 bits per heavy atom. The van der Waals surface area contributed by atoms with E-state index in [-0.39, 0.29) is 28.6 Å². The lowest BCUT2D eigenvalue weighted by molar-refractivity contribution is -0.278. The summed E-state index contributed by atoms with van der Waals surface area (Å²) in [6.07, 6.45) is -2.04. The molecule has 214 valence electrons. The molecule has 1 heterocycles. The number of aromatic hydroxyl groups is 3. The van der Waals surface area contributed by atoms with Gasteiger partial charge in [-0.15, -0.1) is 0 Å². The smallest absolute Gasteiger partial charge is 0.330 e. The van der Waals surface area contributed by atoms with E-state index in [1.807, 2.05) is 0 Å². The molecule has 0 bridgehead atoms. The van der Waals surface area contributed by atoms with Crippen LogP contribution >= 0.6 is 0 Å². The molecule has 0 aromatic heterocycles. The number of ether oxygens (including phenoxy) is 3. The Morgan fingerprint density at radius 2 is 1.37 bits per heavy atom. The largest absolute Gasteiger partial charge is 0.508 e. The Kier molecular flexibility index (Phi) is 9.37. The van der Waals surface area contributed by atoms with E-state index in [0.29, 0.717) is 11.1 Å². The minimum Gasteiger partial charge on any atom is -0.508 e. The lowest BCUT2D eigenvalue weighted by Crippen LogP contribution is -2.60. The number of allylic oxidation sites excluding steroid dienone is 1. The first kappa shape index (κ1) is 29.3. The van der Waals surface area contributed by atoms with Crippen LogP contribution in [-0.4, -0.2) is 79.7 Å². The molecule has 1 aliphatic heterocycles. The fraction of sp³-hybridized carbons (Fsp3) is 0.200. The summed E-state index contributed by atoms with van der Waals surface area (Å²) in [6.45, 7) is -0.433. The van der Waals surface area contributed by atoms with Crippen molar-refractivity contribution in [3.05, 3.63) is 95.6 Å². The monoisotopic (exact) mass is 564 g/mol. The molecule has 1 saturated heterocycles. The quantitative estimate of drug-likeness (QED) is 0.127. The number of benzene rings is 3. The van der Waals surface area contributed by atoms with E-state index >= 15 is 0 Å². The average Bonchev–Trinajstić information content (AvgIpc) is 2.96. The van der Waals surface area contributed by atoms with Crippen molar-refractivity contribution < 1.29 is 54.4 Å².